The third-order valence-corrected chi connectivity index (χ3v) is 7.12. The molecule has 0 unspecified atom stereocenters. The number of carbonyl (C=O) groups is 1. The minimum atomic E-state index is -0.386. The molecule has 0 saturated carbocycles. The fourth-order valence-electron chi connectivity index (χ4n) is 4.18. The number of methoxy groups -OCH3 is 3. The zero-order valence-electron chi connectivity index (χ0n) is 19.1. The Labute approximate surface area is 207 Å². The second-order valence-electron chi connectivity index (χ2n) is 7.50. The summed E-state index contributed by atoms with van der Waals surface area (Å²) in [6.07, 6.45) is 3.82. The van der Waals surface area contributed by atoms with E-state index in [1.165, 1.54) is 26.0 Å². The van der Waals surface area contributed by atoms with Gasteiger partial charge in [0, 0.05) is 17.9 Å². The standard InChI is InChI=1S/C24H27Cl2NO5S/c1-30-22-20-13-8-10-18(33-4)17(28)12-15(13)16(27-19(29)6-5-11-25)9-7-14(20)21(26)23(31-2)24(22)32-3/h8,10,12,16H,5-7,9,11H2,1-4H3,(H,27,29)/t16-/m0/s1. The molecule has 2 aromatic carbocycles. The number of amides is 1. The van der Waals surface area contributed by atoms with Gasteiger partial charge < -0.3 is 19.5 Å². The molecule has 33 heavy (non-hydrogen) atoms. The number of thioether (sulfide) groups is 1. The second-order valence-corrected chi connectivity index (χ2v) is 9.10. The normalized spacial score (nSPS) is 14.5. The van der Waals surface area contributed by atoms with E-state index in [1.54, 1.807) is 19.2 Å². The summed E-state index contributed by atoms with van der Waals surface area (Å²) >= 11 is 13.9. The third kappa shape index (κ3) is 5.05. The number of nitrogens with one attached hydrogen (secondary N) is 1. The molecule has 1 amide bonds. The molecule has 0 aromatic heterocycles. The molecule has 0 heterocycles. The summed E-state index contributed by atoms with van der Waals surface area (Å²) in [6, 6.07) is 4.89. The Morgan fingerprint density at radius 3 is 2.45 bits per heavy atom. The Hall–Kier alpha value is -2.09. The van der Waals surface area contributed by atoms with Crippen LogP contribution in [-0.4, -0.2) is 39.4 Å². The van der Waals surface area contributed by atoms with E-state index in [4.69, 9.17) is 37.4 Å². The average molecular weight is 512 g/mol. The van der Waals surface area contributed by atoms with Gasteiger partial charge in [-0.05, 0) is 54.3 Å². The molecule has 0 bridgehead atoms. The molecule has 1 N–H and O–H groups in total. The van der Waals surface area contributed by atoms with Crippen LogP contribution in [0.3, 0.4) is 0 Å². The first-order valence-electron chi connectivity index (χ1n) is 10.5. The summed E-state index contributed by atoms with van der Waals surface area (Å²) in [6.45, 7) is 0. The van der Waals surface area contributed by atoms with Crippen LogP contribution in [0, 0.1) is 0 Å². The molecule has 178 valence electrons. The van der Waals surface area contributed by atoms with Crippen LogP contribution in [0.25, 0.3) is 11.1 Å². The van der Waals surface area contributed by atoms with Crippen molar-refractivity contribution >= 4 is 40.9 Å². The number of benzene rings is 1. The van der Waals surface area contributed by atoms with Crippen LogP contribution in [0.5, 0.6) is 17.2 Å². The van der Waals surface area contributed by atoms with Crippen molar-refractivity contribution in [3.63, 3.8) is 0 Å². The predicted octanol–water partition coefficient (Wildman–Crippen LogP) is 5.24. The summed E-state index contributed by atoms with van der Waals surface area (Å²) in [5.41, 5.74) is 2.89. The molecule has 1 atom stereocenters. The molecular formula is C24H27Cl2NO5S. The van der Waals surface area contributed by atoms with Gasteiger partial charge >= 0.3 is 0 Å². The molecule has 1 aliphatic rings. The van der Waals surface area contributed by atoms with Crippen LogP contribution in [0.4, 0.5) is 0 Å². The van der Waals surface area contributed by atoms with Crippen molar-refractivity contribution in [2.24, 2.45) is 0 Å². The van der Waals surface area contributed by atoms with Crippen molar-refractivity contribution in [3.05, 3.63) is 44.6 Å². The molecule has 6 nitrogen and oxygen atoms in total. The molecule has 0 radical (unpaired) electrons. The van der Waals surface area contributed by atoms with E-state index in [0.717, 1.165) is 16.7 Å². The number of halogens is 2. The van der Waals surface area contributed by atoms with Crippen LogP contribution < -0.4 is 25.0 Å². The average Bonchev–Trinajstić information content (AvgIpc) is 3.06. The number of hydrogen-bond donors (Lipinski definition) is 1. The predicted molar refractivity (Wildman–Crippen MR) is 134 cm³/mol. The van der Waals surface area contributed by atoms with Gasteiger partial charge in [0.15, 0.2) is 16.9 Å². The van der Waals surface area contributed by atoms with Gasteiger partial charge in [-0.15, -0.1) is 23.4 Å². The van der Waals surface area contributed by atoms with Crippen molar-refractivity contribution in [1.82, 2.24) is 5.32 Å². The Balaban J connectivity index is 2.34. The molecular weight excluding hydrogens is 485 g/mol. The van der Waals surface area contributed by atoms with E-state index in [9.17, 15) is 9.59 Å². The highest BCUT2D eigenvalue weighted by Crippen LogP contribution is 2.54. The Morgan fingerprint density at radius 1 is 1.15 bits per heavy atom. The maximum atomic E-state index is 12.9. The van der Waals surface area contributed by atoms with E-state index in [-0.39, 0.29) is 17.4 Å². The highest BCUT2D eigenvalue weighted by atomic mass is 35.5. The number of rotatable bonds is 8. The van der Waals surface area contributed by atoms with E-state index in [0.29, 0.717) is 64.3 Å². The van der Waals surface area contributed by atoms with E-state index in [1.807, 2.05) is 12.3 Å². The maximum Gasteiger partial charge on any atom is 0.220 e. The lowest BCUT2D eigenvalue weighted by Gasteiger charge is -2.21. The first-order valence-corrected chi connectivity index (χ1v) is 12.6. The number of fused-ring (bicyclic) bond motifs is 3. The van der Waals surface area contributed by atoms with E-state index < -0.39 is 0 Å². The molecule has 0 aliphatic heterocycles. The summed E-state index contributed by atoms with van der Waals surface area (Å²) < 4.78 is 16.9. The summed E-state index contributed by atoms with van der Waals surface area (Å²) in [5.74, 6) is 1.51. The van der Waals surface area contributed by atoms with Crippen molar-refractivity contribution in [2.45, 2.75) is 36.6 Å². The molecule has 0 saturated heterocycles. The highest BCUT2D eigenvalue weighted by molar-refractivity contribution is 7.98. The number of ether oxygens (including phenoxy) is 3. The zero-order chi connectivity index (χ0) is 24.1. The van der Waals surface area contributed by atoms with Gasteiger partial charge in [-0.3, -0.25) is 9.59 Å². The molecule has 2 aromatic rings. The van der Waals surface area contributed by atoms with Crippen molar-refractivity contribution in [2.75, 3.05) is 33.5 Å². The van der Waals surface area contributed by atoms with Crippen LogP contribution in [0.1, 0.15) is 36.4 Å². The van der Waals surface area contributed by atoms with Gasteiger partial charge in [0.1, 0.15) is 0 Å². The number of alkyl halides is 1. The van der Waals surface area contributed by atoms with Gasteiger partial charge in [-0.25, -0.2) is 0 Å². The minimum absolute atomic E-state index is 0.113. The topological polar surface area (TPSA) is 73.9 Å². The van der Waals surface area contributed by atoms with Gasteiger partial charge in [0.25, 0.3) is 0 Å². The maximum absolute atomic E-state index is 12.9. The monoisotopic (exact) mass is 511 g/mol. The van der Waals surface area contributed by atoms with Crippen molar-refractivity contribution in [1.29, 1.82) is 0 Å². The Morgan fingerprint density at radius 2 is 1.85 bits per heavy atom. The van der Waals surface area contributed by atoms with Gasteiger partial charge in [0.05, 0.1) is 37.3 Å². The summed E-state index contributed by atoms with van der Waals surface area (Å²) in [7, 11) is 4.60. The van der Waals surface area contributed by atoms with E-state index in [2.05, 4.69) is 5.32 Å². The first-order chi connectivity index (χ1) is 15.9. The fourth-order valence-corrected chi connectivity index (χ4v) is 5.13. The van der Waals surface area contributed by atoms with Crippen molar-refractivity contribution < 1.29 is 19.0 Å². The molecule has 0 spiro atoms. The zero-order valence-corrected chi connectivity index (χ0v) is 21.4. The molecule has 3 rings (SSSR count). The largest absolute Gasteiger partial charge is 0.492 e. The smallest absolute Gasteiger partial charge is 0.220 e. The first kappa shape index (κ1) is 25.5. The summed E-state index contributed by atoms with van der Waals surface area (Å²) in [5, 5.41) is 3.51. The molecule has 9 heteroatoms. The van der Waals surface area contributed by atoms with Crippen LogP contribution in [0.15, 0.2) is 27.9 Å². The third-order valence-electron chi connectivity index (χ3n) is 5.68. The second kappa shape index (κ2) is 11.4. The lowest BCUT2D eigenvalue weighted by Crippen LogP contribution is -2.29. The van der Waals surface area contributed by atoms with Crippen LogP contribution in [0.2, 0.25) is 5.02 Å². The van der Waals surface area contributed by atoms with Crippen molar-refractivity contribution in [3.8, 4) is 28.4 Å². The van der Waals surface area contributed by atoms with Crippen LogP contribution in [-0.2, 0) is 11.2 Å². The number of carbonyl (C=O) groups excluding carboxylic acids is 1. The number of hydrogen-bond acceptors (Lipinski definition) is 6. The fraction of sp³-hybridized carbons (Fsp3) is 0.417. The summed E-state index contributed by atoms with van der Waals surface area (Å²) in [4.78, 5) is 26.1. The molecule has 1 aliphatic carbocycles. The van der Waals surface area contributed by atoms with Gasteiger partial charge in [-0.1, -0.05) is 17.7 Å². The Kier molecular flexibility index (Phi) is 8.79. The molecule has 0 fully saturated rings. The van der Waals surface area contributed by atoms with Gasteiger partial charge in [0.2, 0.25) is 11.7 Å². The van der Waals surface area contributed by atoms with Crippen LogP contribution >= 0.6 is 35.0 Å². The SMILES string of the molecule is COc1c(Cl)c2c(c(OC)c1OC)-c1ccc(SC)c(=O)cc1[C@@H](NC(=O)CCCCl)CC2. The minimum Gasteiger partial charge on any atom is -0.492 e. The van der Waals surface area contributed by atoms with Gasteiger partial charge in [-0.2, -0.15) is 0 Å². The Bertz CT molecular complexity index is 1110. The van der Waals surface area contributed by atoms with E-state index >= 15 is 0 Å². The lowest BCUT2D eigenvalue weighted by molar-refractivity contribution is -0.121. The highest BCUT2D eigenvalue weighted by Gasteiger charge is 2.32. The lowest BCUT2D eigenvalue weighted by atomic mass is 9.95. The quantitative estimate of drug-likeness (QED) is 0.386.